The molecule has 0 fully saturated rings. The molecule has 3 rings (SSSR count). The molecule has 0 aliphatic carbocycles. The SMILES string of the molecule is COC(=O)c1c(C(F)(F)F)[nH]c2c(O)cc3c(c12)[C@H](CCl)CN3. The molecule has 124 valence electrons. The van der Waals surface area contributed by atoms with E-state index < -0.39 is 23.4 Å². The van der Waals surface area contributed by atoms with Crippen LogP contribution in [0.3, 0.4) is 0 Å². The third-order valence-corrected chi connectivity index (χ3v) is 4.28. The molecule has 0 bridgehead atoms. The van der Waals surface area contributed by atoms with Crippen LogP contribution >= 0.6 is 11.6 Å². The number of fused-ring (bicyclic) bond motifs is 3. The third-order valence-electron chi connectivity index (χ3n) is 3.90. The van der Waals surface area contributed by atoms with E-state index in [1.165, 1.54) is 6.07 Å². The topological polar surface area (TPSA) is 74.4 Å². The van der Waals surface area contributed by atoms with E-state index in [1.807, 2.05) is 0 Å². The molecule has 2 heterocycles. The lowest BCUT2D eigenvalue weighted by Crippen LogP contribution is -2.13. The van der Waals surface area contributed by atoms with Crippen molar-refractivity contribution in [1.29, 1.82) is 0 Å². The number of carbonyl (C=O) groups excluding carboxylic acids is 1. The van der Waals surface area contributed by atoms with Gasteiger partial charge < -0.3 is 20.1 Å². The van der Waals surface area contributed by atoms with Crippen LogP contribution in [0.4, 0.5) is 18.9 Å². The maximum absolute atomic E-state index is 13.3. The number of alkyl halides is 4. The van der Waals surface area contributed by atoms with E-state index in [9.17, 15) is 23.1 Å². The molecule has 3 N–H and O–H groups in total. The van der Waals surface area contributed by atoms with Crippen LogP contribution in [0.2, 0.25) is 0 Å². The number of nitrogens with one attached hydrogen (secondary N) is 2. The number of ether oxygens (including phenoxy) is 1. The van der Waals surface area contributed by atoms with Crippen LogP contribution in [0.25, 0.3) is 10.9 Å². The fraction of sp³-hybridized carbons (Fsp3) is 0.357. The van der Waals surface area contributed by atoms with Gasteiger partial charge in [-0.1, -0.05) is 0 Å². The van der Waals surface area contributed by atoms with Crippen molar-refractivity contribution in [1.82, 2.24) is 4.98 Å². The standard InChI is InChI=1S/C14H12ClF3N2O3/c1-23-13(22)10-9-8-5(3-15)4-19-6(8)2-7(21)11(9)20-12(10)14(16,17)18/h2,5,19-21H,3-4H2,1H3/t5-/m1/s1. The van der Waals surface area contributed by atoms with Crippen molar-refractivity contribution in [3.05, 3.63) is 22.9 Å². The van der Waals surface area contributed by atoms with Crippen molar-refractivity contribution < 1.29 is 27.8 Å². The fourth-order valence-electron chi connectivity index (χ4n) is 2.94. The summed E-state index contributed by atoms with van der Waals surface area (Å²) in [6, 6.07) is 1.32. The number of aromatic hydroxyl groups is 1. The Balaban J connectivity index is 2.46. The molecule has 0 spiro atoms. The first-order chi connectivity index (χ1) is 10.8. The normalized spacial score (nSPS) is 17.2. The van der Waals surface area contributed by atoms with Gasteiger partial charge in [0.15, 0.2) is 0 Å². The van der Waals surface area contributed by atoms with Crippen molar-refractivity contribution in [3.63, 3.8) is 0 Å². The second-order valence-corrected chi connectivity index (χ2v) is 5.51. The Morgan fingerprint density at radius 1 is 1.52 bits per heavy atom. The molecule has 1 aromatic carbocycles. The number of esters is 1. The lowest BCUT2D eigenvalue weighted by molar-refractivity contribution is -0.141. The molecule has 0 unspecified atom stereocenters. The first kappa shape index (κ1) is 15.8. The molecule has 1 aliphatic rings. The van der Waals surface area contributed by atoms with Crippen LogP contribution in [0.5, 0.6) is 5.75 Å². The molecule has 0 saturated carbocycles. The Morgan fingerprint density at radius 3 is 2.78 bits per heavy atom. The summed E-state index contributed by atoms with van der Waals surface area (Å²) in [4.78, 5) is 14.1. The molecule has 1 aromatic heterocycles. The van der Waals surface area contributed by atoms with Gasteiger partial charge in [0.2, 0.25) is 0 Å². The van der Waals surface area contributed by atoms with E-state index in [2.05, 4.69) is 15.0 Å². The summed E-state index contributed by atoms with van der Waals surface area (Å²) in [5.74, 6) is -1.64. The summed E-state index contributed by atoms with van der Waals surface area (Å²) in [7, 11) is 1.00. The fourth-order valence-corrected chi connectivity index (χ4v) is 3.20. The number of anilines is 1. The predicted molar refractivity (Wildman–Crippen MR) is 78.3 cm³/mol. The van der Waals surface area contributed by atoms with Gasteiger partial charge in [-0.25, -0.2) is 4.79 Å². The van der Waals surface area contributed by atoms with Crippen LogP contribution in [0.15, 0.2) is 6.07 Å². The second kappa shape index (κ2) is 5.23. The number of phenols is 1. The van der Waals surface area contributed by atoms with Crippen molar-refractivity contribution in [2.24, 2.45) is 0 Å². The number of hydrogen-bond acceptors (Lipinski definition) is 4. The highest BCUT2D eigenvalue weighted by Crippen LogP contribution is 2.46. The van der Waals surface area contributed by atoms with Crippen molar-refractivity contribution in [3.8, 4) is 5.75 Å². The van der Waals surface area contributed by atoms with Crippen LogP contribution in [0.1, 0.15) is 27.5 Å². The number of methoxy groups -OCH3 is 1. The van der Waals surface area contributed by atoms with E-state index >= 15 is 0 Å². The molecule has 0 radical (unpaired) electrons. The van der Waals surface area contributed by atoms with Crippen molar-refractivity contribution in [2.75, 3.05) is 24.9 Å². The average molecular weight is 349 g/mol. The molecule has 1 atom stereocenters. The minimum Gasteiger partial charge on any atom is -0.506 e. The zero-order chi connectivity index (χ0) is 16.9. The minimum absolute atomic E-state index is 0.00479. The van der Waals surface area contributed by atoms with E-state index in [-0.39, 0.29) is 28.5 Å². The Kier molecular flexibility index (Phi) is 3.59. The maximum Gasteiger partial charge on any atom is 0.432 e. The van der Waals surface area contributed by atoms with Crippen LogP contribution in [0, 0.1) is 0 Å². The molecule has 23 heavy (non-hydrogen) atoms. The number of aromatic amines is 1. The first-order valence-corrected chi connectivity index (χ1v) is 7.19. The van der Waals surface area contributed by atoms with Crippen molar-refractivity contribution >= 4 is 34.2 Å². The molecule has 5 nitrogen and oxygen atoms in total. The Labute approximate surface area is 133 Å². The zero-order valence-electron chi connectivity index (χ0n) is 11.8. The Hall–Kier alpha value is -2.09. The lowest BCUT2D eigenvalue weighted by Gasteiger charge is -2.10. The number of rotatable bonds is 2. The third kappa shape index (κ3) is 2.28. The average Bonchev–Trinajstić information content (AvgIpc) is 3.06. The first-order valence-electron chi connectivity index (χ1n) is 6.66. The Bertz CT molecular complexity index is 801. The van der Waals surface area contributed by atoms with Crippen LogP contribution < -0.4 is 5.32 Å². The van der Waals surface area contributed by atoms with Gasteiger partial charge in [0.1, 0.15) is 11.4 Å². The highest BCUT2D eigenvalue weighted by Gasteiger charge is 2.41. The highest BCUT2D eigenvalue weighted by molar-refractivity contribution is 6.19. The Morgan fingerprint density at radius 2 is 2.22 bits per heavy atom. The molecule has 9 heteroatoms. The number of phenolic OH excluding ortho intramolecular Hbond substituents is 1. The molecular formula is C14H12ClF3N2O3. The van der Waals surface area contributed by atoms with Crippen LogP contribution in [-0.2, 0) is 10.9 Å². The summed E-state index contributed by atoms with van der Waals surface area (Å²) in [5, 5.41) is 13.0. The smallest absolute Gasteiger partial charge is 0.432 e. The number of benzene rings is 1. The maximum atomic E-state index is 13.3. The van der Waals surface area contributed by atoms with E-state index in [1.54, 1.807) is 0 Å². The monoisotopic (exact) mass is 348 g/mol. The number of aromatic nitrogens is 1. The molecular weight excluding hydrogens is 337 g/mol. The molecule has 2 aromatic rings. The van der Waals surface area contributed by atoms with E-state index in [4.69, 9.17) is 11.6 Å². The molecule has 0 amide bonds. The summed E-state index contributed by atoms with van der Waals surface area (Å²) in [6.45, 7) is 0.407. The van der Waals surface area contributed by atoms with Gasteiger partial charge in [0.05, 0.1) is 18.2 Å². The predicted octanol–water partition coefficient (Wildman–Crippen LogP) is 3.43. The van der Waals surface area contributed by atoms with Crippen molar-refractivity contribution in [2.45, 2.75) is 12.1 Å². The van der Waals surface area contributed by atoms with Gasteiger partial charge >= 0.3 is 12.1 Å². The summed E-state index contributed by atoms with van der Waals surface area (Å²) < 4.78 is 44.4. The summed E-state index contributed by atoms with van der Waals surface area (Å²) in [5.41, 5.74) is -1.11. The van der Waals surface area contributed by atoms with E-state index in [0.717, 1.165) is 7.11 Å². The molecule has 0 saturated heterocycles. The zero-order valence-corrected chi connectivity index (χ0v) is 12.6. The van der Waals surface area contributed by atoms with Gasteiger partial charge in [0, 0.05) is 35.5 Å². The largest absolute Gasteiger partial charge is 0.506 e. The lowest BCUT2D eigenvalue weighted by atomic mass is 9.95. The van der Waals surface area contributed by atoms with Gasteiger partial charge in [-0.05, 0) is 5.56 Å². The molecule has 1 aliphatic heterocycles. The highest BCUT2D eigenvalue weighted by atomic mass is 35.5. The second-order valence-electron chi connectivity index (χ2n) is 5.20. The van der Waals surface area contributed by atoms with Gasteiger partial charge in [-0.3, -0.25) is 0 Å². The quantitative estimate of drug-likeness (QED) is 0.574. The van der Waals surface area contributed by atoms with Gasteiger partial charge in [-0.2, -0.15) is 13.2 Å². The number of halogens is 4. The number of H-pyrrole nitrogens is 1. The van der Waals surface area contributed by atoms with E-state index in [0.29, 0.717) is 17.8 Å². The summed E-state index contributed by atoms with van der Waals surface area (Å²) >= 11 is 5.89. The minimum atomic E-state index is -4.80. The summed E-state index contributed by atoms with van der Waals surface area (Å²) in [6.07, 6.45) is -4.80. The number of carbonyl (C=O) groups is 1. The number of hydrogen-bond donors (Lipinski definition) is 3. The van der Waals surface area contributed by atoms with Gasteiger partial charge in [-0.15, -0.1) is 11.6 Å². The van der Waals surface area contributed by atoms with Gasteiger partial charge in [0.25, 0.3) is 0 Å². The van der Waals surface area contributed by atoms with Crippen LogP contribution in [-0.4, -0.2) is 35.6 Å².